The second-order valence-electron chi connectivity index (χ2n) is 4.62. The number of anilines is 1. The van der Waals surface area contributed by atoms with Gasteiger partial charge in [-0.1, -0.05) is 11.6 Å². The zero-order chi connectivity index (χ0) is 17.7. The van der Waals surface area contributed by atoms with Gasteiger partial charge in [-0.05, 0) is 18.2 Å². The van der Waals surface area contributed by atoms with Crippen molar-refractivity contribution in [3.05, 3.63) is 41.2 Å². The van der Waals surface area contributed by atoms with Crippen LogP contribution in [0.4, 0.5) is 14.5 Å². The molecule has 2 rings (SSSR count). The molecule has 2 N–H and O–H groups in total. The van der Waals surface area contributed by atoms with Crippen LogP contribution in [0.1, 0.15) is 16.8 Å². The topological polar surface area (TPSA) is 93.5 Å². The van der Waals surface area contributed by atoms with Gasteiger partial charge in [0.05, 0.1) is 16.8 Å². The van der Waals surface area contributed by atoms with Crippen molar-refractivity contribution < 1.29 is 28.2 Å². The van der Waals surface area contributed by atoms with Crippen molar-refractivity contribution in [2.75, 3.05) is 5.32 Å². The third kappa shape index (κ3) is 4.92. The molecule has 0 saturated heterocycles. The van der Waals surface area contributed by atoms with E-state index in [4.69, 9.17) is 16.7 Å². The first-order chi connectivity index (χ1) is 11.3. The van der Waals surface area contributed by atoms with Crippen LogP contribution in [0.3, 0.4) is 0 Å². The quantitative estimate of drug-likeness (QED) is 0.792. The molecule has 0 aliphatic carbocycles. The number of rotatable bonds is 7. The summed E-state index contributed by atoms with van der Waals surface area (Å²) in [6, 6.07) is 3.88. The van der Waals surface area contributed by atoms with Crippen LogP contribution in [0.5, 0.6) is 5.75 Å². The molecule has 10 heteroatoms. The van der Waals surface area contributed by atoms with Crippen molar-refractivity contribution in [1.29, 1.82) is 0 Å². The van der Waals surface area contributed by atoms with E-state index in [0.717, 1.165) is 0 Å². The van der Waals surface area contributed by atoms with Crippen molar-refractivity contribution in [2.24, 2.45) is 0 Å². The van der Waals surface area contributed by atoms with E-state index in [2.05, 4.69) is 15.2 Å². The summed E-state index contributed by atoms with van der Waals surface area (Å²) in [6.45, 7) is -2.81. The van der Waals surface area contributed by atoms with E-state index < -0.39 is 12.6 Å². The van der Waals surface area contributed by atoms with Gasteiger partial charge in [0.2, 0.25) is 5.91 Å². The Kier molecular flexibility index (Phi) is 5.69. The van der Waals surface area contributed by atoms with Gasteiger partial charge < -0.3 is 15.2 Å². The predicted octanol–water partition coefficient (Wildman–Crippen LogP) is 2.86. The lowest BCUT2D eigenvalue weighted by Gasteiger charge is -2.09. The Hall–Kier alpha value is -2.68. The van der Waals surface area contributed by atoms with E-state index in [0.29, 0.717) is 5.69 Å². The van der Waals surface area contributed by atoms with Gasteiger partial charge in [0.15, 0.2) is 0 Å². The second kappa shape index (κ2) is 7.73. The highest BCUT2D eigenvalue weighted by atomic mass is 35.5. The summed E-state index contributed by atoms with van der Waals surface area (Å²) in [5, 5.41) is 15.1. The lowest BCUT2D eigenvalue weighted by Crippen LogP contribution is -2.14. The summed E-state index contributed by atoms with van der Waals surface area (Å²) in [5.74, 6) is -1.67. The minimum absolute atomic E-state index is 0.0248. The standard InChI is InChI=1S/C14H12ClF2N3O4/c15-10-5-9(1-2-11(10)24-14(16)17)19-12(21)3-4-20-7-8(6-18-20)13(22)23/h1-2,5-7,14H,3-4H2,(H,19,21)(H,22,23). The highest BCUT2D eigenvalue weighted by Gasteiger charge is 2.11. The van der Waals surface area contributed by atoms with E-state index in [-0.39, 0.29) is 35.2 Å². The Morgan fingerprint density at radius 2 is 2.17 bits per heavy atom. The Bertz CT molecular complexity index is 751. The predicted molar refractivity (Wildman–Crippen MR) is 80.5 cm³/mol. The molecule has 0 fully saturated rings. The molecule has 0 spiro atoms. The fourth-order valence-electron chi connectivity index (χ4n) is 1.81. The first kappa shape index (κ1) is 17.7. The molecule has 0 aliphatic heterocycles. The number of nitrogens with zero attached hydrogens (tertiary/aromatic N) is 2. The summed E-state index contributed by atoms with van der Waals surface area (Å²) >= 11 is 5.78. The first-order valence-corrected chi connectivity index (χ1v) is 7.03. The van der Waals surface area contributed by atoms with Crippen molar-refractivity contribution in [3.8, 4) is 5.75 Å². The molecule has 0 saturated carbocycles. The van der Waals surface area contributed by atoms with Crippen LogP contribution in [0.2, 0.25) is 5.02 Å². The van der Waals surface area contributed by atoms with Gasteiger partial charge in [-0.2, -0.15) is 13.9 Å². The highest BCUT2D eigenvalue weighted by Crippen LogP contribution is 2.28. The summed E-state index contributed by atoms with van der Waals surface area (Å²) in [5.41, 5.74) is 0.343. The molecule has 1 aromatic heterocycles. The third-order valence-electron chi connectivity index (χ3n) is 2.88. The van der Waals surface area contributed by atoms with Crippen molar-refractivity contribution in [1.82, 2.24) is 9.78 Å². The smallest absolute Gasteiger partial charge is 0.387 e. The van der Waals surface area contributed by atoms with Gasteiger partial charge in [-0.15, -0.1) is 0 Å². The Balaban J connectivity index is 1.89. The number of aryl methyl sites for hydroxylation is 1. The maximum Gasteiger partial charge on any atom is 0.387 e. The monoisotopic (exact) mass is 359 g/mol. The molecule has 0 unspecified atom stereocenters. The number of amides is 1. The molecule has 1 amide bonds. The summed E-state index contributed by atoms with van der Waals surface area (Å²) in [4.78, 5) is 22.6. The van der Waals surface area contributed by atoms with E-state index in [1.54, 1.807) is 0 Å². The van der Waals surface area contributed by atoms with Crippen molar-refractivity contribution >= 4 is 29.2 Å². The number of hydrogen-bond donors (Lipinski definition) is 2. The largest absolute Gasteiger partial charge is 0.478 e. The summed E-state index contributed by atoms with van der Waals surface area (Å²) in [6.07, 6.45) is 2.53. The fraction of sp³-hybridized carbons (Fsp3) is 0.214. The normalized spacial score (nSPS) is 10.7. The van der Waals surface area contributed by atoms with Gasteiger partial charge in [-0.25, -0.2) is 4.79 Å². The number of aromatic nitrogens is 2. The number of nitrogens with one attached hydrogen (secondary N) is 1. The molecule has 1 aromatic carbocycles. The number of carbonyl (C=O) groups is 2. The van der Waals surface area contributed by atoms with Gasteiger partial charge in [-0.3, -0.25) is 9.48 Å². The Morgan fingerprint density at radius 1 is 1.42 bits per heavy atom. The molecule has 0 radical (unpaired) electrons. The van der Waals surface area contributed by atoms with Gasteiger partial charge in [0, 0.05) is 24.8 Å². The molecule has 0 aliphatic rings. The van der Waals surface area contributed by atoms with Crippen LogP contribution in [-0.4, -0.2) is 33.4 Å². The Morgan fingerprint density at radius 3 is 2.75 bits per heavy atom. The van der Waals surface area contributed by atoms with E-state index in [1.165, 1.54) is 35.3 Å². The van der Waals surface area contributed by atoms with Crippen LogP contribution in [-0.2, 0) is 11.3 Å². The Labute approximate surface area is 139 Å². The molecule has 1 heterocycles. The molecule has 2 aromatic rings. The summed E-state index contributed by atoms with van der Waals surface area (Å²) in [7, 11) is 0. The van der Waals surface area contributed by atoms with Crippen LogP contribution < -0.4 is 10.1 Å². The number of alkyl halides is 2. The van der Waals surface area contributed by atoms with Crippen LogP contribution >= 0.6 is 11.6 Å². The number of carbonyl (C=O) groups excluding carboxylic acids is 1. The lowest BCUT2D eigenvalue weighted by molar-refractivity contribution is -0.116. The van der Waals surface area contributed by atoms with Crippen molar-refractivity contribution in [3.63, 3.8) is 0 Å². The minimum Gasteiger partial charge on any atom is -0.478 e. The molecular weight excluding hydrogens is 348 g/mol. The second-order valence-corrected chi connectivity index (χ2v) is 5.03. The van der Waals surface area contributed by atoms with Gasteiger partial charge >= 0.3 is 12.6 Å². The minimum atomic E-state index is -2.99. The molecule has 24 heavy (non-hydrogen) atoms. The van der Waals surface area contributed by atoms with Crippen LogP contribution in [0.25, 0.3) is 0 Å². The molecule has 128 valence electrons. The number of ether oxygens (including phenoxy) is 1. The number of hydrogen-bond acceptors (Lipinski definition) is 4. The zero-order valence-electron chi connectivity index (χ0n) is 12.1. The van der Waals surface area contributed by atoms with E-state index >= 15 is 0 Å². The number of benzene rings is 1. The molecule has 7 nitrogen and oxygen atoms in total. The fourth-order valence-corrected chi connectivity index (χ4v) is 2.03. The summed E-state index contributed by atoms with van der Waals surface area (Å²) < 4.78 is 29.8. The lowest BCUT2D eigenvalue weighted by atomic mass is 10.3. The third-order valence-corrected chi connectivity index (χ3v) is 3.18. The number of carboxylic acid groups (broad SMARTS) is 1. The SMILES string of the molecule is O=C(CCn1cc(C(=O)O)cn1)Nc1ccc(OC(F)F)c(Cl)c1. The zero-order valence-corrected chi connectivity index (χ0v) is 12.8. The van der Waals surface area contributed by atoms with E-state index in [9.17, 15) is 18.4 Å². The van der Waals surface area contributed by atoms with Gasteiger partial charge in [0.1, 0.15) is 5.75 Å². The number of halogens is 3. The van der Waals surface area contributed by atoms with Crippen molar-refractivity contribution in [2.45, 2.75) is 19.6 Å². The first-order valence-electron chi connectivity index (χ1n) is 6.65. The average Bonchev–Trinajstić information content (AvgIpc) is 2.97. The number of carboxylic acids is 1. The number of aromatic carboxylic acids is 1. The maximum atomic E-state index is 12.1. The van der Waals surface area contributed by atoms with Crippen LogP contribution in [0, 0.1) is 0 Å². The van der Waals surface area contributed by atoms with E-state index in [1.807, 2.05) is 0 Å². The molecule has 0 bridgehead atoms. The molecular formula is C14H12ClF2N3O4. The maximum absolute atomic E-state index is 12.1. The van der Waals surface area contributed by atoms with Gasteiger partial charge in [0.25, 0.3) is 0 Å². The van der Waals surface area contributed by atoms with Crippen LogP contribution in [0.15, 0.2) is 30.6 Å². The molecule has 0 atom stereocenters. The average molecular weight is 360 g/mol. The highest BCUT2D eigenvalue weighted by molar-refractivity contribution is 6.32.